The Morgan fingerprint density at radius 2 is 2.17 bits per heavy atom. The molecule has 0 saturated heterocycles. The number of aryl methyl sites for hydroxylation is 1. The van der Waals surface area contributed by atoms with Crippen LogP contribution in [0.5, 0.6) is 0 Å². The van der Waals surface area contributed by atoms with Crippen molar-refractivity contribution in [2.75, 3.05) is 0 Å². The summed E-state index contributed by atoms with van der Waals surface area (Å²) in [5, 5.41) is 5.63. The van der Waals surface area contributed by atoms with Gasteiger partial charge in [-0.2, -0.15) is 5.10 Å². The lowest BCUT2D eigenvalue weighted by Gasteiger charge is -1.98. The molecule has 5 heteroatoms. The molecule has 0 aliphatic carbocycles. The van der Waals surface area contributed by atoms with Crippen LogP contribution in [0.4, 0.5) is 0 Å². The lowest BCUT2D eigenvalue weighted by atomic mass is 10.2. The van der Waals surface area contributed by atoms with Gasteiger partial charge in [0.15, 0.2) is 6.29 Å². The molecule has 0 N–H and O–H groups in total. The molecule has 5 nitrogen and oxygen atoms in total. The third kappa shape index (κ3) is 1.69. The number of benzene rings is 1. The highest BCUT2D eigenvalue weighted by atomic mass is 16.1. The summed E-state index contributed by atoms with van der Waals surface area (Å²) in [4.78, 5) is 14.6. The van der Waals surface area contributed by atoms with Crippen LogP contribution in [0.1, 0.15) is 16.2 Å². The highest BCUT2D eigenvalue weighted by Gasteiger charge is 2.08. The number of imidazole rings is 1. The molecule has 3 rings (SSSR count). The summed E-state index contributed by atoms with van der Waals surface area (Å²) in [6, 6.07) is 8.08. The van der Waals surface area contributed by atoms with Crippen molar-refractivity contribution >= 4 is 17.2 Å². The molecule has 0 fully saturated rings. The van der Waals surface area contributed by atoms with Crippen LogP contribution in [0, 0.1) is 0 Å². The summed E-state index contributed by atoms with van der Waals surface area (Å²) in [7, 11) is 1.93. The number of hydrogen-bond acceptors (Lipinski definition) is 3. The van der Waals surface area contributed by atoms with Gasteiger partial charge in [0.05, 0.1) is 24.1 Å². The quantitative estimate of drug-likeness (QED) is 0.654. The van der Waals surface area contributed by atoms with E-state index in [9.17, 15) is 4.79 Å². The number of carbonyl (C=O) groups excluding carboxylic acids is 1. The monoisotopic (exact) mass is 240 g/mol. The maximum absolute atomic E-state index is 10.6. The van der Waals surface area contributed by atoms with E-state index in [0.29, 0.717) is 12.2 Å². The molecular weight excluding hydrogens is 228 g/mol. The van der Waals surface area contributed by atoms with Crippen LogP contribution in [-0.4, -0.2) is 25.6 Å². The van der Waals surface area contributed by atoms with Crippen LogP contribution < -0.4 is 0 Å². The Balaban J connectivity index is 2.02. The predicted octanol–water partition coefficient (Wildman–Crippen LogP) is 1.63. The molecule has 18 heavy (non-hydrogen) atoms. The van der Waals surface area contributed by atoms with Crippen molar-refractivity contribution < 1.29 is 4.79 Å². The van der Waals surface area contributed by atoms with Gasteiger partial charge in [0.25, 0.3) is 0 Å². The fraction of sp³-hybridized carbons (Fsp3) is 0.154. The zero-order valence-electron chi connectivity index (χ0n) is 9.95. The zero-order valence-corrected chi connectivity index (χ0v) is 9.95. The second-order valence-corrected chi connectivity index (χ2v) is 4.18. The minimum atomic E-state index is 0.440. The molecule has 90 valence electrons. The van der Waals surface area contributed by atoms with E-state index in [2.05, 4.69) is 16.1 Å². The van der Waals surface area contributed by atoms with E-state index in [1.54, 1.807) is 12.5 Å². The van der Waals surface area contributed by atoms with E-state index < -0.39 is 0 Å². The molecule has 1 aromatic carbocycles. The van der Waals surface area contributed by atoms with Gasteiger partial charge < -0.3 is 4.57 Å². The smallest absolute Gasteiger partial charge is 0.169 e. The molecule has 3 aromatic rings. The van der Waals surface area contributed by atoms with Crippen LogP contribution in [0.15, 0.2) is 36.8 Å². The Kier molecular flexibility index (Phi) is 2.44. The molecule has 0 spiro atoms. The Hall–Kier alpha value is -2.43. The summed E-state index contributed by atoms with van der Waals surface area (Å²) >= 11 is 0. The molecule has 0 bridgehead atoms. The largest absolute Gasteiger partial charge is 0.331 e. The third-order valence-electron chi connectivity index (χ3n) is 2.94. The normalized spacial score (nSPS) is 10.9. The van der Waals surface area contributed by atoms with E-state index in [-0.39, 0.29) is 0 Å². The summed E-state index contributed by atoms with van der Waals surface area (Å²) in [6.07, 6.45) is 4.11. The van der Waals surface area contributed by atoms with Crippen LogP contribution in [0.3, 0.4) is 0 Å². The predicted molar refractivity (Wildman–Crippen MR) is 67.4 cm³/mol. The minimum Gasteiger partial charge on any atom is -0.331 e. The molecule has 0 atom stereocenters. The van der Waals surface area contributed by atoms with Gasteiger partial charge in [0, 0.05) is 18.6 Å². The summed E-state index contributed by atoms with van der Waals surface area (Å²) in [6.45, 7) is 0.613. The highest BCUT2D eigenvalue weighted by Crippen LogP contribution is 2.18. The fourth-order valence-electron chi connectivity index (χ4n) is 2.10. The topological polar surface area (TPSA) is 52.7 Å². The minimum absolute atomic E-state index is 0.440. The standard InChI is InChI=1S/C13H12N4O/c1-16-13-5-3-2-4-11(13)12(15-16)7-17-6-10(8-18)14-9-17/h2-6,8-9H,7H2,1H3. The van der Waals surface area contributed by atoms with Gasteiger partial charge in [-0.1, -0.05) is 18.2 Å². The van der Waals surface area contributed by atoms with Crippen LogP contribution in [0.2, 0.25) is 0 Å². The molecule has 0 aliphatic rings. The maximum Gasteiger partial charge on any atom is 0.169 e. The first-order chi connectivity index (χ1) is 8.78. The zero-order chi connectivity index (χ0) is 12.5. The van der Waals surface area contributed by atoms with Crippen LogP contribution >= 0.6 is 0 Å². The summed E-state index contributed by atoms with van der Waals surface area (Å²) in [5.74, 6) is 0. The lowest BCUT2D eigenvalue weighted by Crippen LogP contribution is -1.99. The van der Waals surface area contributed by atoms with Crippen molar-refractivity contribution in [3.63, 3.8) is 0 Å². The first kappa shape index (κ1) is 10.7. The molecule has 0 aliphatic heterocycles. The van der Waals surface area contributed by atoms with Gasteiger partial charge >= 0.3 is 0 Å². The van der Waals surface area contributed by atoms with E-state index in [1.807, 2.05) is 34.5 Å². The number of para-hydroxylation sites is 1. The fourth-order valence-corrected chi connectivity index (χ4v) is 2.10. The lowest BCUT2D eigenvalue weighted by molar-refractivity contribution is 0.111. The number of aldehydes is 1. The second kappa shape index (κ2) is 4.10. The van der Waals surface area contributed by atoms with Crippen molar-refractivity contribution in [2.24, 2.45) is 7.05 Å². The number of rotatable bonds is 3. The van der Waals surface area contributed by atoms with Crippen molar-refractivity contribution in [2.45, 2.75) is 6.54 Å². The average Bonchev–Trinajstić information content (AvgIpc) is 2.97. The average molecular weight is 240 g/mol. The maximum atomic E-state index is 10.6. The van der Waals surface area contributed by atoms with Gasteiger partial charge in [-0.25, -0.2) is 4.98 Å². The first-order valence-electron chi connectivity index (χ1n) is 5.65. The van der Waals surface area contributed by atoms with Gasteiger partial charge in [0.1, 0.15) is 5.69 Å². The highest BCUT2D eigenvalue weighted by molar-refractivity contribution is 5.81. The summed E-state index contributed by atoms with van der Waals surface area (Å²) < 4.78 is 3.72. The van der Waals surface area contributed by atoms with Gasteiger partial charge in [-0.3, -0.25) is 9.48 Å². The Bertz CT molecular complexity index is 711. The van der Waals surface area contributed by atoms with Crippen molar-refractivity contribution in [1.29, 1.82) is 0 Å². The number of nitrogens with zero attached hydrogens (tertiary/aromatic N) is 4. The van der Waals surface area contributed by atoms with E-state index in [4.69, 9.17) is 0 Å². The Morgan fingerprint density at radius 1 is 1.33 bits per heavy atom. The molecule has 0 amide bonds. The number of aromatic nitrogens is 4. The summed E-state index contributed by atoms with van der Waals surface area (Å²) in [5.41, 5.74) is 2.52. The van der Waals surface area contributed by atoms with E-state index in [0.717, 1.165) is 22.9 Å². The Morgan fingerprint density at radius 3 is 2.94 bits per heavy atom. The van der Waals surface area contributed by atoms with Crippen molar-refractivity contribution in [1.82, 2.24) is 19.3 Å². The SMILES string of the molecule is Cn1nc(Cn2cnc(C=O)c2)c2ccccc21. The van der Waals surface area contributed by atoms with Crippen LogP contribution in [0.25, 0.3) is 10.9 Å². The molecule has 2 heterocycles. The van der Waals surface area contributed by atoms with Gasteiger partial charge in [0.2, 0.25) is 0 Å². The third-order valence-corrected chi connectivity index (χ3v) is 2.94. The number of carbonyl (C=O) groups is 1. The van der Waals surface area contributed by atoms with E-state index in [1.165, 1.54) is 0 Å². The second-order valence-electron chi connectivity index (χ2n) is 4.18. The van der Waals surface area contributed by atoms with E-state index >= 15 is 0 Å². The molecule has 0 unspecified atom stereocenters. The molecular formula is C13H12N4O. The molecule has 2 aromatic heterocycles. The van der Waals surface area contributed by atoms with Crippen LogP contribution in [-0.2, 0) is 13.6 Å². The molecule has 0 radical (unpaired) electrons. The Labute approximate surface area is 104 Å². The number of fused-ring (bicyclic) bond motifs is 1. The van der Waals surface area contributed by atoms with Gasteiger partial charge in [-0.15, -0.1) is 0 Å². The number of hydrogen-bond donors (Lipinski definition) is 0. The molecule has 0 saturated carbocycles. The van der Waals surface area contributed by atoms with Crippen molar-refractivity contribution in [3.05, 3.63) is 48.2 Å². The van der Waals surface area contributed by atoms with Crippen molar-refractivity contribution in [3.8, 4) is 0 Å². The first-order valence-corrected chi connectivity index (χ1v) is 5.65. The van der Waals surface area contributed by atoms with Gasteiger partial charge in [-0.05, 0) is 6.07 Å².